The van der Waals surface area contributed by atoms with Gasteiger partial charge in [0, 0.05) is 16.7 Å². The van der Waals surface area contributed by atoms with Crippen LogP contribution in [0.5, 0.6) is 11.5 Å². The van der Waals surface area contributed by atoms with Crippen molar-refractivity contribution < 1.29 is 28.6 Å². The van der Waals surface area contributed by atoms with E-state index in [0.717, 1.165) is 0 Å². The van der Waals surface area contributed by atoms with Crippen molar-refractivity contribution in [3.63, 3.8) is 0 Å². The standard InChI is InChI=1S/C20H19ClO6/c1-12(22)13-4-6-18(25-2)15(8-13)10-20(24)27-11-17(23)14-5-7-19(26-3)16(21)9-14/h4-9H,10-11H2,1-3H3. The number of ether oxygens (including phenoxy) is 3. The van der Waals surface area contributed by atoms with E-state index in [1.807, 2.05) is 0 Å². The van der Waals surface area contributed by atoms with E-state index in [-0.39, 0.29) is 12.2 Å². The molecule has 0 saturated carbocycles. The van der Waals surface area contributed by atoms with Crippen molar-refractivity contribution in [2.45, 2.75) is 13.3 Å². The van der Waals surface area contributed by atoms with Gasteiger partial charge in [-0.05, 0) is 43.3 Å². The molecule has 7 heteroatoms. The Morgan fingerprint density at radius 3 is 2.15 bits per heavy atom. The number of hydrogen-bond donors (Lipinski definition) is 0. The minimum absolute atomic E-state index is 0.124. The van der Waals surface area contributed by atoms with E-state index in [1.54, 1.807) is 30.3 Å². The molecule has 2 rings (SSSR count). The number of methoxy groups -OCH3 is 2. The number of Topliss-reactive ketones (excluding diaryl/α,β-unsaturated/α-hetero) is 2. The van der Waals surface area contributed by atoms with Crippen LogP contribution in [0.3, 0.4) is 0 Å². The van der Waals surface area contributed by atoms with Crippen molar-refractivity contribution in [1.29, 1.82) is 0 Å². The lowest BCUT2D eigenvalue weighted by Gasteiger charge is -2.10. The molecule has 0 atom stereocenters. The summed E-state index contributed by atoms with van der Waals surface area (Å²) in [5.74, 6) is -0.217. The summed E-state index contributed by atoms with van der Waals surface area (Å²) in [6.07, 6.45) is -0.124. The van der Waals surface area contributed by atoms with E-state index in [2.05, 4.69) is 0 Å². The summed E-state index contributed by atoms with van der Waals surface area (Å²) in [6, 6.07) is 9.37. The Balaban J connectivity index is 2.02. The van der Waals surface area contributed by atoms with Crippen LogP contribution in [0.25, 0.3) is 0 Å². The number of benzene rings is 2. The van der Waals surface area contributed by atoms with Gasteiger partial charge in [0.25, 0.3) is 0 Å². The second-order valence-corrected chi connectivity index (χ2v) is 6.10. The summed E-state index contributed by atoms with van der Waals surface area (Å²) in [4.78, 5) is 35.8. The molecule has 0 aliphatic heterocycles. The van der Waals surface area contributed by atoms with E-state index in [9.17, 15) is 14.4 Å². The lowest BCUT2D eigenvalue weighted by molar-refractivity contribution is -0.141. The fraction of sp³-hybridized carbons (Fsp3) is 0.250. The minimum Gasteiger partial charge on any atom is -0.496 e. The maximum absolute atomic E-state index is 12.2. The molecule has 6 nitrogen and oxygen atoms in total. The minimum atomic E-state index is -0.609. The van der Waals surface area contributed by atoms with Gasteiger partial charge in [-0.25, -0.2) is 0 Å². The topological polar surface area (TPSA) is 78.9 Å². The smallest absolute Gasteiger partial charge is 0.310 e. The molecular formula is C20H19ClO6. The number of hydrogen-bond acceptors (Lipinski definition) is 6. The van der Waals surface area contributed by atoms with E-state index in [4.69, 9.17) is 25.8 Å². The van der Waals surface area contributed by atoms with Crippen molar-refractivity contribution in [2.75, 3.05) is 20.8 Å². The molecule has 2 aromatic carbocycles. The van der Waals surface area contributed by atoms with Crippen LogP contribution in [-0.4, -0.2) is 38.4 Å². The van der Waals surface area contributed by atoms with Crippen LogP contribution in [0, 0.1) is 0 Å². The third-order valence-electron chi connectivity index (χ3n) is 3.86. The first kappa shape index (κ1) is 20.5. The Labute approximate surface area is 162 Å². The van der Waals surface area contributed by atoms with Crippen LogP contribution in [0.2, 0.25) is 5.02 Å². The van der Waals surface area contributed by atoms with Crippen LogP contribution >= 0.6 is 11.6 Å². The van der Waals surface area contributed by atoms with Crippen LogP contribution in [0.4, 0.5) is 0 Å². The van der Waals surface area contributed by atoms with Crippen molar-refractivity contribution in [3.8, 4) is 11.5 Å². The van der Waals surface area contributed by atoms with Gasteiger partial charge in [-0.3, -0.25) is 14.4 Å². The zero-order valence-corrected chi connectivity index (χ0v) is 16.0. The van der Waals surface area contributed by atoms with E-state index < -0.39 is 18.4 Å². The average Bonchev–Trinajstić information content (AvgIpc) is 2.65. The van der Waals surface area contributed by atoms with E-state index in [0.29, 0.717) is 33.2 Å². The average molecular weight is 391 g/mol. The molecule has 0 aromatic heterocycles. The second-order valence-electron chi connectivity index (χ2n) is 5.69. The molecular weight excluding hydrogens is 372 g/mol. The maximum atomic E-state index is 12.2. The molecule has 0 unspecified atom stereocenters. The zero-order valence-electron chi connectivity index (χ0n) is 15.2. The van der Waals surface area contributed by atoms with E-state index >= 15 is 0 Å². The Kier molecular flexibility index (Phi) is 6.96. The highest BCUT2D eigenvalue weighted by molar-refractivity contribution is 6.32. The lowest BCUT2D eigenvalue weighted by Crippen LogP contribution is -2.16. The summed E-state index contributed by atoms with van der Waals surface area (Å²) in [5, 5.41) is 0.292. The Morgan fingerprint density at radius 1 is 0.926 bits per heavy atom. The number of ketones is 2. The molecule has 0 bridgehead atoms. The molecule has 142 valence electrons. The third-order valence-corrected chi connectivity index (χ3v) is 4.16. The van der Waals surface area contributed by atoms with Crippen molar-refractivity contribution in [3.05, 3.63) is 58.1 Å². The predicted octanol–water partition coefficient (Wildman–Crippen LogP) is 3.53. The molecule has 0 fully saturated rings. The first-order valence-corrected chi connectivity index (χ1v) is 8.43. The van der Waals surface area contributed by atoms with Crippen LogP contribution in [0.1, 0.15) is 33.2 Å². The molecule has 0 heterocycles. The second kappa shape index (κ2) is 9.19. The fourth-order valence-corrected chi connectivity index (χ4v) is 2.67. The van der Waals surface area contributed by atoms with Gasteiger partial charge in [0.2, 0.25) is 0 Å². The first-order chi connectivity index (χ1) is 12.8. The Hall–Kier alpha value is -2.86. The van der Waals surface area contributed by atoms with Gasteiger partial charge >= 0.3 is 5.97 Å². The van der Waals surface area contributed by atoms with Crippen molar-refractivity contribution in [2.24, 2.45) is 0 Å². The van der Waals surface area contributed by atoms with Crippen LogP contribution in [-0.2, 0) is 16.0 Å². The number of rotatable bonds is 8. The molecule has 0 saturated heterocycles. The SMILES string of the molecule is COc1ccc(C(=O)COC(=O)Cc2cc(C(C)=O)ccc2OC)cc1Cl. The number of esters is 1. The number of carbonyl (C=O) groups is 3. The maximum Gasteiger partial charge on any atom is 0.310 e. The van der Waals surface area contributed by atoms with Crippen LogP contribution in [0.15, 0.2) is 36.4 Å². The molecule has 27 heavy (non-hydrogen) atoms. The van der Waals surface area contributed by atoms with Gasteiger partial charge in [-0.15, -0.1) is 0 Å². The monoisotopic (exact) mass is 390 g/mol. The summed E-state index contributed by atoms with van der Waals surface area (Å²) in [7, 11) is 2.94. The molecule has 0 amide bonds. The van der Waals surface area contributed by atoms with Gasteiger partial charge in [-0.2, -0.15) is 0 Å². The van der Waals surface area contributed by atoms with Gasteiger partial charge in [0.15, 0.2) is 18.2 Å². The summed E-state index contributed by atoms with van der Waals surface area (Å²) in [6.45, 7) is 1.01. The summed E-state index contributed by atoms with van der Waals surface area (Å²) >= 11 is 5.99. The molecule has 0 radical (unpaired) electrons. The van der Waals surface area contributed by atoms with Crippen molar-refractivity contribution in [1.82, 2.24) is 0 Å². The van der Waals surface area contributed by atoms with Crippen LogP contribution < -0.4 is 9.47 Å². The largest absolute Gasteiger partial charge is 0.496 e. The number of halogens is 1. The van der Waals surface area contributed by atoms with Gasteiger partial charge in [0.05, 0.1) is 25.7 Å². The quantitative estimate of drug-likeness (QED) is 0.506. The highest BCUT2D eigenvalue weighted by Gasteiger charge is 2.15. The van der Waals surface area contributed by atoms with Gasteiger partial charge in [-0.1, -0.05) is 11.6 Å². The number of carbonyl (C=O) groups excluding carboxylic acids is 3. The normalized spacial score (nSPS) is 10.2. The highest BCUT2D eigenvalue weighted by atomic mass is 35.5. The fourth-order valence-electron chi connectivity index (χ4n) is 2.41. The molecule has 0 spiro atoms. The Bertz CT molecular complexity index is 875. The van der Waals surface area contributed by atoms with E-state index in [1.165, 1.54) is 27.2 Å². The zero-order chi connectivity index (χ0) is 20.0. The van der Waals surface area contributed by atoms with Crippen molar-refractivity contribution >= 4 is 29.1 Å². The molecule has 2 aromatic rings. The molecule has 0 aliphatic carbocycles. The summed E-state index contributed by atoms with van der Waals surface area (Å²) < 4.78 is 15.3. The third kappa shape index (κ3) is 5.31. The predicted molar refractivity (Wildman–Crippen MR) is 100.0 cm³/mol. The summed E-state index contributed by atoms with van der Waals surface area (Å²) in [5.41, 5.74) is 1.28. The van der Waals surface area contributed by atoms with Gasteiger partial charge in [0.1, 0.15) is 11.5 Å². The highest BCUT2D eigenvalue weighted by Crippen LogP contribution is 2.25. The van der Waals surface area contributed by atoms with Gasteiger partial charge < -0.3 is 14.2 Å². The first-order valence-electron chi connectivity index (χ1n) is 8.06. The molecule has 0 aliphatic rings. The lowest BCUT2D eigenvalue weighted by atomic mass is 10.0. The Morgan fingerprint density at radius 2 is 1.56 bits per heavy atom. The molecule has 0 N–H and O–H groups in total.